The van der Waals surface area contributed by atoms with Gasteiger partial charge in [-0.1, -0.05) is 24.3 Å². The lowest BCUT2D eigenvalue weighted by Crippen LogP contribution is -2.43. The van der Waals surface area contributed by atoms with E-state index in [1.54, 1.807) is 18.2 Å². The van der Waals surface area contributed by atoms with Crippen LogP contribution in [-0.4, -0.2) is 18.8 Å². The minimum Gasteiger partial charge on any atom is -0.306 e. The lowest BCUT2D eigenvalue weighted by Gasteiger charge is -2.28. The number of anilines is 1. The van der Waals surface area contributed by atoms with Crippen molar-refractivity contribution in [1.29, 1.82) is 0 Å². The number of nitrogens with zero attached hydrogens (tertiary/aromatic N) is 1. The Hall–Kier alpha value is -2.41. The Morgan fingerprint density at radius 1 is 1.10 bits per heavy atom. The van der Waals surface area contributed by atoms with Crippen LogP contribution in [0.5, 0.6) is 0 Å². The van der Waals surface area contributed by atoms with Gasteiger partial charge in [0.1, 0.15) is 10.7 Å². The van der Waals surface area contributed by atoms with Crippen molar-refractivity contribution in [3.63, 3.8) is 0 Å². The number of benzene rings is 2. The number of hydrogen-bond acceptors (Lipinski definition) is 3. The molecule has 21 heavy (non-hydrogen) atoms. The van der Waals surface area contributed by atoms with E-state index in [-0.39, 0.29) is 17.1 Å². The third-order valence-electron chi connectivity index (χ3n) is 3.14. The lowest BCUT2D eigenvalue weighted by atomic mass is 10.2. The number of hydrogen-bond donors (Lipinski definition) is 1. The first-order chi connectivity index (χ1) is 9.98. The van der Waals surface area contributed by atoms with Crippen LogP contribution in [-0.2, 0) is 16.6 Å². The summed E-state index contributed by atoms with van der Waals surface area (Å²) in [6.07, 6.45) is 0. The predicted octanol–water partition coefficient (Wildman–Crippen LogP) is 2.56. The number of halogens is 1. The molecule has 0 aliphatic carbocycles. The number of para-hydroxylation sites is 1. The number of fused-ring (bicyclic) bond motifs is 1. The molecule has 5 nitrogen and oxygen atoms in total. The maximum absolute atomic E-state index is 13.2. The van der Waals surface area contributed by atoms with Crippen LogP contribution in [0, 0.1) is 5.82 Å². The van der Waals surface area contributed by atoms with E-state index in [0.717, 1.165) is 0 Å². The second-order valence-electron chi connectivity index (χ2n) is 4.57. The molecule has 0 radical (unpaired) electrons. The highest BCUT2D eigenvalue weighted by Gasteiger charge is 2.36. The molecule has 1 aliphatic rings. The van der Waals surface area contributed by atoms with Gasteiger partial charge in [0.05, 0.1) is 12.2 Å². The summed E-state index contributed by atoms with van der Waals surface area (Å²) >= 11 is 0. The number of nitrogens with one attached hydrogen (secondary N) is 1. The quantitative estimate of drug-likeness (QED) is 0.927. The van der Waals surface area contributed by atoms with Gasteiger partial charge in [0.2, 0.25) is 0 Å². The second kappa shape index (κ2) is 4.85. The van der Waals surface area contributed by atoms with Gasteiger partial charge in [-0.05, 0) is 29.8 Å². The molecule has 3 rings (SSSR count). The highest BCUT2D eigenvalue weighted by atomic mass is 32.2. The molecule has 7 heteroatoms. The molecule has 1 heterocycles. The fourth-order valence-corrected chi connectivity index (χ4v) is 3.63. The van der Waals surface area contributed by atoms with Crippen LogP contribution in [0.4, 0.5) is 14.9 Å². The van der Waals surface area contributed by atoms with Gasteiger partial charge >= 0.3 is 6.03 Å². The topological polar surface area (TPSA) is 66.5 Å². The highest BCUT2D eigenvalue weighted by Crippen LogP contribution is 2.30. The fraction of sp³-hybridized carbons (Fsp3) is 0.0714. The maximum atomic E-state index is 13.2. The average Bonchev–Trinajstić information content (AvgIpc) is 2.44. The minimum atomic E-state index is -3.94. The van der Waals surface area contributed by atoms with Crippen LogP contribution in [0.25, 0.3) is 0 Å². The Morgan fingerprint density at radius 2 is 1.86 bits per heavy atom. The molecule has 2 amide bonds. The first-order valence-corrected chi connectivity index (χ1v) is 7.60. The number of sulfonamides is 1. The molecule has 0 fully saturated rings. The molecule has 1 N–H and O–H groups in total. The van der Waals surface area contributed by atoms with Crippen LogP contribution in [0.2, 0.25) is 0 Å². The standard InChI is InChI=1S/C14H11FN2O3S/c15-11-5-3-4-10(8-11)9-17-14(18)16-12-6-1-2-7-13(12)21(17,19)20/h1-8H,9H2,(H,16,18). The molecular formula is C14H11FN2O3S. The second-order valence-corrected chi connectivity index (χ2v) is 6.40. The van der Waals surface area contributed by atoms with E-state index in [1.165, 1.54) is 30.3 Å². The third-order valence-corrected chi connectivity index (χ3v) is 4.93. The summed E-state index contributed by atoms with van der Waals surface area (Å²) in [5.41, 5.74) is 0.645. The molecule has 2 aromatic rings. The average molecular weight is 306 g/mol. The van der Waals surface area contributed by atoms with Crippen molar-refractivity contribution in [2.75, 3.05) is 5.32 Å². The van der Waals surface area contributed by atoms with Gasteiger partial charge in [-0.2, -0.15) is 0 Å². The Kier molecular flexibility index (Phi) is 3.13. The van der Waals surface area contributed by atoms with Gasteiger partial charge in [-0.25, -0.2) is 21.9 Å². The van der Waals surface area contributed by atoms with Crippen LogP contribution < -0.4 is 5.32 Å². The largest absolute Gasteiger partial charge is 0.336 e. The number of amides is 2. The minimum absolute atomic E-state index is 0.0287. The van der Waals surface area contributed by atoms with Crippen molar-refractivity contribution in [3.8, 4) is 0 Å². The summed E-state index contributed by atoms with van der Waals surface area (Å²) in [6, 6.07) is 10.9. The summed E-state index contributed by atoms with van der Waals surface area (Å²) < 4.78 is 38.8. The maximum Gasteiger partial charge on any atom is 0.336 e. The third kappa shape index (κ3) is 2.36. The monoisotopic (exact) mass is 306 g/mol. The van der Waals surface area contributed by atoms with Gasteiger partial charge in [0.15, 0.2) is 0 Å². The molecule has 2 aromatic carbocycles. The highest BCUT2D eigenvalue weighted by molar-refractivity contribution is 7.90. The van der Waals surface area contributed by atoms with Crippen LogP contribution >= 0.6 is 0 Å². The van der Waals surface area contributed by atoms with Crippen LogP contribution in [0.1, 0.15) is 5.56 Å². The molecule has 0 bridgehead atoms. The number of carbonyl (C=O) groups is 1. The lowest BCUT2D eigenvalue weighted by molar-refractivity contribution is 0.233. The zero-order valence-electron chi connectivity index (χ0n) is 10.8. The number of rotatable bonds is 2. The number of carbonyl (C=O) groups excluding carboxylic acids is 1. The van der Waals surface area contributed by atoms with E-state index in [1.807, 2.05) is 0 Å². The van der Waals surface area contributed by atoms with E-state index >= 15 is 0 Å². The van der Waals surface area contributed by atoms with E-state index in [4.69, 9.17) is 0 Å². The SMILES string of the molecule is O=C1Nc2ccccc2S(=O)(=O)N1Cc1cccc(F)c1. The van der Waals surface area contributed by atoms with Crippen molar-refractivity contribution >= 4 is 21.7 Å². The predicted molar refractivity (Wildman–Crippen MR) is 74.6 cm³/mol. The Morgan fingerprint density at radius 3 is 2.62 bits per heavy atom. The molecule has 0 saturated heterocycles. The molecule has 0 aromatic heterocycles. The molecule has 1 aliphatic heterocycles. The van der Waals surface area contributed by atoms with Crippen molar-refractivity contribution in [2.45, 2.75) is 11.4 Å². The van der Waals surface area contributed by atoms with Crippen LogP contribution in [0.3, 0.4) is 0 Å². The normalized spacial score (nSPS) is 16.2. The molecule has 0 spiro atoms. The smallest absolute Gasteiger partial charge is 0.306 e. The van der Waals surface area contributed by atoms with E-state index in [2.05, 4.69) is 5.32 Å². The zero-order valence-corrected chi connectivity index (χ0v) is 11.6. The number of urea groups is 1. The van der Waals surface area contributed by atoms with E-state index in [9.17, 15) is 17.6 Å². The Balaban J connectivity index is 2.02. The van der Waals surface area contributed by atoms with E-state index in [0.29, 0.717) is 9.87 Å². The fourth-order valence-electron chi connectivity index (χ4n) is 2.16. The van der Waals surface area contributed by atoms with Crippen molar-refractivity contribution in [3.05, 3.63) is 59.9 Å². The Labute approximate surface area is 121 Å². The van der Waals surface area contributed by atoms with E-state index < -0.39 is 21.9 Å². The van der Waals surface area contributed by atoms with Gasteiger partial charge in [-0.15, -0.1) is 0 Å². The summed E-state index contributed by atoms with van der Waals surface area (Å²) in [5.74, 6) is -0.484. The molecule has 0 unspecified atom stereocenters. The summed E-state index contributed by atoms with van der Waals surface area (Å²) in [4.78, 5) is 12.0. The van der Waals surface area contributed by atoms with Gasteiger partial charge in [0.25, 0.3) is 10.0 Å². The van der Waals surface area contributed by atoms with Gasteiger partial charge < -0.3 is 5.32 Å². The zero-order chi connectivity index (χ0) is 15.0. The Bertz CT molecular complexity index is 820. The molecule has 108 valence electrons. The summed E-state index contributed by atoms with van der Waals surface area (Å²) in [5, 5.41) is 2.51. The van der Waals surface area contributed by atoms with Crippen molar-refractivity contribution in [1.82, 2.24) is 4.31 Å². The van der Waals surface area contributed by atoms with Crippen molar-refractivity contribution < 1.29 is 17.6 Å². The van der Waals surface area contributed by atoms with Crippen molar-refractivity contribution in [2.24, 2.45) is 0 Å². The summed E-state index contributed by atoms with van der Waals surface area (Å²) in [6.45, 7) is -0.222. The summed E-state index contributed by atoms with van der Waals surface area (Å²) in [7, 11) is -3.94. The van der Waals surface area contributed by atoms with Crippen LogP contribution in [0.15, 0.2) is 53.4 Å². The molecular weight excluding hydrogens is 295 g/mol. The first-order valence-electron chi connectivity index (χ1n) is 6.16. The molecule has 0 atom stereocenters. The van der Waals surface area contributed by atoms with Gasteiger partial charge in [-0.3, -0.25) is 0 Å². The molecule has 0 saturated carbocycles. The first kappa shape index (κ1) is 13.6. The van der Waals surface area contributed by atoms with Gasteiger partial charge in [0, 0.05) is 0 Å².